The summed E-state index contributed by atoms with van der Waals surface area (Å²) in [6.07, 6.45) is 2.11. The SMILES string of the molecule is CCN(CC)C(=O)Cc1coc2cc(C)ccc12. The van der Waals surface area contributed by atoms with Gasteiger partial charge in [0.2, 0.25) is 5.91 Å². The van der Waals surface area contributed by atoms with Crippen LogP contribution in [-0.4, -0.2) is 23.9 Å². The van der Waals surface area contributed by atoms with Gasteiger partial charge in [0, 0.05) is 24.0 Å². The fourth-order valence-corrected chi connectivity index (χ4v) is 2.18. The van der Waals surface area contributed by atoms with Crippen LogP contribution in [-0.2, 0) is 11.2 Å². The first-order valence-corrected chi connectivity index (χ1v) is 6.40. The van der Waals surface area contributed by atoms with Crippen LogP contribution in [0, 0.1) is 6.92 Å². The predicted molar refractivity (Wildman–Crippen MR) is 72.6 cm³/mol. The number of benzene rings is 1. The molecule has 2 aromatic rings. The summed E-state index contributed by atoms with van der Waals surface area (Å²) in [5.74, 6) is 0.156. The summed E-state index contributed by atoms with van der Waals surface area (Å²) in [6.45, 7) is 7.54. The standard InChI is InChI=1S/C15H19NO2/c1-4-16(5-2)15(17)9-12-10-18-14-8-11(3)6-7-13(12)14/h6-8,10H,4-5,9H2,1-3H3. The van der Waals surface area contributed by atoms with Gasteiger partial charge in [0.25, 0.3) is 0 Å². The van der Waals surface area contributed by atoms with E-state index in [0.717, 1.165) is 29.6 Å². The molecular formula is C15H19NO2. The molecule has 0 spiro atoms. The number of rotatable bonds is 4. The molecule has 0 aliphatic rings. The number of hydrogen-bond donors (Lipinski definition) is 0. The van der Waals surface area contributed by atoms with Crippen LogP contribution in [0.25, 0.3) is 11.0 Å². The number of amides is 1. The zero-order chi connectivity index (χ0) is 13.1. The second-order valence-corrected chi connectivity index (χ2v) is 4.50. The van der Waals surface area contributed by atoms with Gasteiger partial charge < -0.3 is 9.32 Å². The van der Waals surface area contributed by atoms with E-state index < -0.39 is 0 Å². The third-order valence-corrected chi connectivity index (χ3v) is 3.27. The van der Waals surface area contributed by atoms with Crippen LogP contribution in [0.15, 0.2) is 28.9 Å². The van der Waals surface area contributed by atoms with E-state index in [1.54, 1.807) is 6.26 Å². The highest BCUT2D eigenvalue weighted by molar-refractivity contribution is 5.87. The van der Waals surface area contributed by atoms with E-state index in [-0.39, 0.29) is 5.91 Å². The second-order valence-electron chi connectivity index (χ2n) is 4.50. The molecule has 0 bridgehead atoms. The smallest absolute Gasteiger partial charge is 0.227 e. The highest BCUT2D eigenvalue weighted by atomic mass is 16.3. The molecule has 0 aliphatic carbocycles. The molecule has 0 unspecified atom stereocenters. The van der Waals surface area contributed by atoms with Crippen LogP contribution in [0.1, 0.15) is 25.0 Å². The molecule has 3 heteroatoms. The minimum absolute atomic E-state index is 0.156. The highest BCUT2D eigenvalue weighted by Crippen LogP contribution is 2.23. The zero-order valence-corrected chi connectivity index (χ0v) is 11.2. The molecule has 3 nitrogen and oxygen atoms in total. The van der Waals surface area contributed by atoms with Crippen molar-refractivity contribution >= 4 is 16.9 Å². The normalized spacial score (nSPS) is 10.8. The van der Waals surface area contributed by atoms with Crippen LogP contribution < -0.4 is 0 Å². The van der Waals surface area contributed by atoms with E-state index in [2.05, 4.69) is 0 Å². The van der Waals surface area contributed by atoms with E-state index in [1.807, 2.05) is 43.9 Å². The van der Waals surface area contributed by atoms with Crippen molar-refractivity contribution in [3.05, 3.63) is 35.6 Å². The molecule has 18 heavy (non-hydrogen) atoms. The highest BCUT2D eigenvalue weighted by Gasteiger charge is 2.14. The van der Waals surface area contributed by atoms with Gasteiger partial charge in [-0.25, -0.2) is 0 Å². The Morgan fingerprint density at radius 2 is 2.00 bits per heavy atom. The van der Waals surface area contributed by atoms with Crippen molar-refractivity contribution in [3.63, 3.8) is 0 Å². The van der Waals surface area contributed by atoms with Gasteiger partial charge in [-0.05, 0) is 32.4 Å². The van der Waals surface area contributed by atoms with Gasteiger partial charge in [0.05, 0.1) is 12.7 Å². The minimum Gasteiger partial charge on any atom is -0.464 e. The Bertz CT molecular complexity index is 553. The molecule has 0 atom stereocenters. The first-order valence-electron chi connectivity index (χ1n) is 6.40. The Morgan fingerprint density at radius 3 is 2.67 bits per heavy atom. The maximum absolute atomic E-state index is 12.1. The van der Waals surface area contributed by atoms with Gasteiger partial charge in [-0.15, -0.1) is 0 Å². The maximum Gasteiger partial charge on any atom is 0.227 e. The minimum atomic E-state index is 0.156. The molecule has 0 fully saturated rings. The van der Waals surface area contributed by atoms with Crippen LogP contribution in [0.5, 0.6) is 0 Å². The Labute approximate surface area is 107 Å². The molecule has 1 aromatic heterocycles. The topological polar surface area (TPSA) is 33.5 Å². The third kappa shape index (κ3) is 2.40. The summed E-state index contributed by atoms with van der Waals surface area (Å²) in [4.78, 5) is 13.9. The van der Waals surface area contributed by atoms with Gasteiger partial charge in [-0.2, -0.15) is 0 Å². The number of likely N-dealkylation sites (N-methyl/N-ethyl adjacent to an activating group) is 1. The van der Waals surface area contributed by atoms with Crippen molar-refractivity contribution in [2.24, 2.45) is 0 Å². The molecule has 1 aromatic carbocycles. The molecule has 0 aliphatic heterocycles. The molecule has 0 N–H and O–H groups in total. The Morgan fingerprint density at radius 1 is 1.28 bits per heavy atom. The van der Waals surface area contributed by atoms with Crippen molar-refractivity contribution in [1.29, 1.82) is 0 Å². The molecule has 1 amide bonds. The number of nitrogens with zero attached hydrogens (tertiary/aromatic N) is 1. The number of carbonyl (C=O) groups excluding carboxylic acids is 1. The molecular weight excluding hydrogens is 226 g/mol. The van der Waals surface area contributed by atoms with E-state index in [0.29, 0.717) is 6.42 Å². The van der Waals surface area contributed by atoms with Crippen molar-refractivity contribution in [2.75, 3.05) is 13.1 Å². The summed E-state index contributed by atoms with van der Waals surface area (Å²) >= 11 is 0. The van der Waals surface area contributed by atoms with Crippen molar-refractivity contribution < 1.29 is 9.21 Å². The van der Waals surface area contributed by atoms with Crippen LogP contribution >= 0.6 is 0 Å². The van der Waals surface area contributed by atoms with E-state index in [4.69, 9.17) is 4.42 Å². The molecule has 0 saturated heterocycles. The summed E-state index contributed by atoms with van der Waals surface area (Å²) < 4.78 is 5.51. The zero-order valence-electron chi connectivity index (χ0n) is 11.2. The van der Waals surface area contributed by atoms with Crippen LogP contribution in [0.4, 0.5) is 0 Å². The van der Waals surface area contributed by atoms with Crippen LogP contribution in [0.3, 0.4) is 0 Å². The first kappa shape index (κ1) is 12.7. The molecule has 0 radical (unpaired) electrons. The Hall–Kier alpha value is -1.77. The fourth-order valence-electron chi connectivity index (χ4n) is 2.18. The van der Waals surface area contributed by atoms with Crippen molar-refractivity contribution in [3.8, 4) is 0 Å². The number of hydrogen-bond acceptors (Lipinski definition) is 2. The average Bonchev–Trinajstić information content (AvgIpc) is 2.73. The lowest BCUT2D eigenvalue weighted by Crippen LogP contribution is -2.31. The van der Waals surface area contributed by atoms with E-state index >= 15 is 0 Å². The summed E-state index contributed by atoms with van der Waals surface area (Å²) in [5.41, 5.74) is 3.00. The molecule has 1 heterocycles. The summed E-state index contributed by atoms with van der Waals surface area (Å²) in [7, 11) is 0. The van der Waals surface area contributed by atoms with E-state index in [9.17, 15) is 4.79 Å². The molecule has 96 valence electrons. The van der Waals surface area contributed by atoms with Gasteiger partial charge >= 0.3 is 0 Å². The number of fused-ring (bicyclic) bond motifs is 1. The third-order valence-electron chi connectivity index (χ3n) is 3.27. The first-order chi connectivity index (χ1) is 8.65. The number of carbonyl (C=O) groups is 1. The number of furan rings is 1. The lowest BCUT2D eigenvalue weighted by Gasteiger charge is -2.18. The maximum atomic E-state index is 12.1. The summed E-state index contributed by atoms with van der Waals surface area (Å²) in [6, 6.07) is 6.07. The van der Waals surface area contributed by atoms with Gasteiger partial charge in [-0.3, -0.25) is 4.79 Å². The van der Waals surface area contributed by atoms with Crippen molar-refractivity contribution in [1.82, 2.24) is 4.90 Å². The second kappa shape index (κ2) is 5.25. The average molecular weight is 245 g/mol. The van der Waals surface area contributed by atoms with Gasteiger partial charge in [0.1, 0.15) is 5.58 Å². The lowest BCUT2D eigenvalue weighted by atomic mass is 10.1. The lowest BCUT2D eigenvalue weighted by molar-refractivity contribution is -0.130. The predicted octanol–water partition coefficient (Wildman–Crippen LogP) is 3.15. The largest absolute Gasteiger partial charge is 0.464 e. The van der Waals surface area contributed by atoms with Crippen molar-refractivity contribution in [2.45, 2.75) is 27.2 Å². The molecule has 0 saturated carbocycles. The Balaban J connectivity index is 2.24. The Kier molecular flexibility index (Phi) is 3.70. The quantitative estimate of drug-likeness (QED) is 0.829. The fraction of sp³-hybridized carbons (Fsp3) is 0.400. The van der Waals surface area contributed by atoms with Crippen LogP contribution in [0.2, 0.25) is 0 Å². The number of aryl methyl sites for hydroxylation is 1. The molecule has 2 rings (SSSR count). The van der Waals surface area contributed by atoms with Gasteiger partial charge in [-0.1, -0.05) is 12.1 Å². The summed E-state index contributed by atoms with van der Waals surface area (Å²) in [5, 5.41) is 1.04. The van der Waals surface area contributed by atoms with E-state index in [1.165, 1.54) is 5.56 Å². The monoisotopic (exact) mass is 245 g/mol. The van der Waals surface area contributed by atoms with Gasteiger partial charge in [0.15, 0.2) is 0 Å².